The summed E-state index contributed by atoms with van der Waals surface area (Å²) >= 11 is 0. The Balaban J connectivity index is 2.65. The fraction of sp³-hybridized carbons (Fsp3) is 0.750. The Morgan fingerprint density at radius 3 is 2.52 bits per heavy atom. The van der Waals surface area contributed by atoms with E-state index in [1.807, 2.05) is 0 Å². The first-order valence-electron chi connectivity index (χ1n) is 8.98. The summed E-state index contributed by atoms with van der Waals surface area (Å²) in [4.78, 5) is 48.7. The summed E-state index contributed by atoms with van der Waals surface area (Å²) in [6.45, 7) is -0.416. The number of aliphatic carboxylic acids is 1. The molecule has 1 saturated heterocycles. The summed E-state index contributed by atoms with van der Waals surface area (Å²) < 4.78 is 0. The van der Waals surface area contributed by atoms with Crippen molar-refractivity contribution >= 4 is 23.7 Å². The first-order chi connectivity index (χ1) is 12.8. The summed E-state index contributed by atoms with van der Waals surface area (Å²) in [5, 5.41) is 22.8. The maximum absolute atomic E-state index is 12.6. The number of hydrogen-bond donors (Lipinski definition) is 6. The van der Waals surface area contributed by atoms with E-state index in [0.717, 1.165) is 6.42 Å². The zero-order valence-corrected chi connectivity index (χ0v) is 15.2. The smallest absolute Gasteiger partial charge is 0.322 e. The second-order valence-electron chi connectivity index (χ2n) is 6.44. The highest BCUT2D eigenvalue weighted by Gasteiger charge is 2.37. The Morgan fingerprint density at radius 1 is 1.22 bits per heavy atom. The van der Waals surface area contributed by atoms with Crippen LogP contribution >= 0.6 is 0 Å². The molecule has 3 atom stereocenters. The van der Waals surface area contributed by atoms with Crippen molar-refractivity contribution in [3.05, 3.63) is 0 Å². The Bertz CT molecular complexity index is 543. The molecule has 27 heavy (non-hydrogen) atoms. The number of carboxylic acids is 1. The molecule has 0 aromatic carbocycles. The number of carboxylic acid groups (broad SMARTS) is 1. The number of carbonyl (C=O) groups is 4. The van der Waals surface area contributed by atoms with Crippen LogP contribution in [0.5, 0.6) is 0 Å². The van der Waals surface area contributed by atoms with E-state index in [-0.39, 0.29) is 6.54 Å². The molecule has 3 unspecified atom stereocenters. The molecule has 1 fully saturated rings. The van der Waals surface area contributed by atoms with Gasteiger partial charge in [-0.15, -0.1) is 0 Å². The molecule has 0 spiro atoms. The monoisotopic (exact) mass is 387 g/mol. The molecular weight excluding hydrogens is 358 g/mol. The molecule has 1 aliphatic heterocycles. The van der Waals surface area contributed by atoms with Crippen molar-refractivity contribution in [1.29, 1.82) is 0 Å². The van der Waals surface area contributed by atoms with Crippen molar-refractivity contribution in [3.63, 3.8) is 0 Å². The first-order valence-corrected chi connectivity index (χ1v) is 8.98. The van der Waals surface area contributed by atoms with Crippen LogP contribution in [-0.4, -0.2) is 83.2 Å². The van der Waals surface area contributed by atoms with Crippen molar-refractivity contribution in [2.45, 2.75) is 50.2 Å². The van der Waals surface area contributed by atoms with Crippen LogP contribution in [0.25, 0.3) is 0 Å². The lowest BCUT2D eigenvalue weighted by atomic mass is 10.1. The van der Waals surface area contributed by atoms with Crippen molar-refractivity contribution in [1.82, 2.24) is 15.5 Å². The number of rotatable bonds is 11. The molecule has 3 amide bonds. The lowest BCUT2D eigenvalue weighted by Crippen LogP contribution is -2.57. The molecule has 1 rings (SSSR count). The van der Waals surface area contributed by atoms with Gasteiger partial charge in [0.1, 0.15) is 18.6 Å². The minimum atomic E-state index is -1.22. The van der Waals surface area contributed by atoms with Crippen LogP contribution in [-0.2, 0) is 19.2 Å². The average Bonchev–Trinajstić information content (AvgIpc) is 3.13. The van der Waals surface area contributed by atoms with E-state index >= 15 is 0 Å². The Morgan fingerprint density at radius 2 is 1.93 bits per heavy atom. The first kappa shape index (κ1) is 22.8. The molecule has 0 aromatic heterocycles. The fourth-order valence-corrected chi connectivity index (χ4v) is 2.89. The summed E-state index contributed by atoms with van der Waals surface area (Å²) in [7, 11) is 0. The van der Waals surface area contributed by atoms with E-state index in [9.17, 15) is 24.3 Å². The van der Waals surface area contributed by atoms with Crippen molar-refractivity contribution in [2.75, 3.05) is 26.2 Å². The maximum Gasteiger partial charge on any atom is 0.322 e. The van der Waals surface area contributed by atoms with Crippen LogP contribution in [0.15, 0.2) is 0 Å². The van der Waals surface area contributed by atoms with Gasteiger partial charge in [0.2, 0.25) is 17.7 Å². The lowest BCUT2D eigenvalue weighted by molar-refractivity contribution is -0.143. The van der Waals surface area contributed by atoms with Crippen molar-refractivity contribution in [3.8, 4) is 0 Å². The number of nitrogens with one attached hydrogen (secondary N) is 2. The second kappa shape index (κ2) is 11.5. The van der Waals surface area contributed by atoms with E-state index < -0.39 is 55.0 Å². The van der Waals surface area contributed by atoms with Crippen molar-refractivity contribution in [2.24, 2.45) is 11.5 Å². The van der Waals surface area contributed by atoms with E-state index in [4.69, 9.17) is 16.6 Å². The molecule has 1 heterocycles. The second-order valence-corrected chi connectivity index (χ2v) is 6.44. The van der Waals surface area contributed by atoms with E-state index in [0.29, 0.717) is 32.2 Å². The van der Waals surface area contributed by atoms with Gasteiger partial charge in [0.05, 0.1) is 12.6 Å². The molecule has 0 bridgehead atoms. The SMILES string of the molecule is NCCCCC(N)C(=O)NC(CO)C(=O)N1CCCC1C(=O)NCC(=O)O. The van der Waals surface area contributed by atoms with Crippen LogP contribution in [0.1, 0.15) is 32.1 Å². The molecule has 0 aliphatic carbocycles. The molecular formula is C16H29N5O6. The van der Waals surface area contributed by atoms with E-state index in [1.165, 1.54) is 4.90 Å². The minimum Gasteiger partial charge on any atom is -0.480 e. The third kappa shape index (κ3) is 7.12. The van der Waals surface area contributed by atoms with Gasteiger partial charge in [-0.25, -0.2) is 0 Å². The van der Waals surface area contributed by atoms with Crippen LogP contribution in [0.3, 0.4) is 0 Å². The number of hydrogen-bond acceptors (Lipinski definition) is 7. The molecule has 11 nitrogen and oxygen atoms in total. The number of likely N-dealkylation sites (tertiary alicyclic amines) is 1. The normalized spacial score (nSPS) is 18.6. The number of carbonyl (C=O) groups excluding carboxylic acids is 3. The number of aliphatic hydroxyl groups is 1. The highest BCUT2D eigenvalue weighted by molar-refractivity contribution is 5.94. The largest absolute Gasteiger partial charge is 0.480 e. The van der Waals surface area contributed by atoms with Crippen LogP contribution < -0.4 is 22.1 Å². The highest BCUT2D eigenvalue weighted by Crippen LogP contribution is 2.18. The summed E-state index contributed by atoms with van der Waals surface area (Å²) in [5.41, 5.74) is 11.2. The number of aliphatic hydroxyl groups excluding tert-OH is 1. The van der Waals surface area contributed by atoms with E-state index in [1.54, 1.807) is 0 Å². The molecule has 154 valence electrons. The number of nitrogens with zero attached hydrogens (tertiary/aromatic N) is 1. The predicted molar refractivity (Wildman–Crippen MR) is 95.3 cm³/mol. The van der Waals surface area contributed by atoms with Crippen LogP contribution in [0.4, 0.5) is 0 Å². The Kier molecular flexibility index (Phi) is 9.68. The molecule has 1 aliphatic rings. The van der Waals surface area contributed by atoms with Gasteiger partial charge < -0.3 is 37.2 Å². The molecule has 11 heteroatoms. The van der Waals surface area contributed by atoms with Gasteiger partial charge in [-0.05, 0) is 32.2 Å². The standard InChI is InChI=1S/C16H29N5O6/c17-6-2-1-4-10(18)14(25)20-11(9-22)16(27)21-7-3-5-12(21)15(26)19-8-13(23)24/h10-12,22H,1-9,17-18H2,(H,19,26)(H,20,25)(H,23,24). The molecule has 0 saturated carbocycles. The van der Waals surface area contributed by atoms with Gasteiger partial charge in [-0.3, -0.25) is 19.2 Å². The summed E-state index contributed by atoms with van der Waals surface area (Å²) in [6, 6.07) is -2.88. The predicted octanol–water partition coefficient (Wildman–Crippen LogP) is -2.89. The third-order valence-electron chi connectivity index (χ3n) is 4.36. The topological polar surface area (TPSA) is 188 Å². The van der Waals surface area contributed by atoms with Gasteiger partial charge in [-0.1, -0.05) is 6.42 Å². The molecule has 0 radical (unpaired) electrons. The van der Waals surface area contributed by atoms with Gasteiger partial charge in [0, 0.05) is 6.54 Å². The third-order valence-corrected chi connectivity index (χ3v) is 4.36. The van der Waals surface area contributed by atoms with Gasteiger partial charge in [0.25, 0.3) is 0 Å². The minimum absolute atomic E-state index is 0.277. The quantitative estimate of drug-likeness (QED) is 0.204. The van der Waals surface area contributed by atoms with E-state index in [2.05, 4.69) is 10.6 Å². The Labute approximate surface area is 157 Å². The molecule has 0 aromatic rings. The fourth-order valence-electron chi connectivity index (χ4n) is 2.89. The molecule has 8 N–H and O–H groups in total. The van der Waals surface area contributed by atoms with Gasteiger partial charge in [0.15, 0.2) is 0 Å². The summed E-state index contributed by atoms with van der Waals surface area (Å²) in [5.74, 6) is -2.94. The highest BCUT2D eigenvalue weighted by atomic mass is 16.4. The average molecular weight is 387 g/mol. The zero-order valence-electron chi connectivity index (χ0n) is 15.2. The lowest BCUT2D eigenvalue weighted by Gasteiger charge is -2.28. The maximum atomic E-state index is 12.6. The number of nitrogens with two attached hydrogens (primary N) is 2. The Hall–Kier alpha value is -2.24. The number of unbranched alkanes of at least 4 members (excludes halogenated alkanes) is 1. The van der Waals surface area contributed by atoms with Gasteiger partial charge >= 0.3 is 5.97 Å². The van der Waals surface area contributed by atoms with Crippen LogP contribution in [0, 0.1) is 0 Å². The number of amides is 3. The van der Waals surface area contributed by atoms with Gasteiger partial charge in [-0.2, -0.15) is 0 Å². The zero-order chi connectivity index (χ0) is 20.4. The van der Waals surface area contributed by atoms with Crippen molar-refractivity contribution < 1.29 is 29.4 Å². The summed E-state index contributed by atoms with van der Waals surface area (Å²) in [6.07, 6.45) is 2.73. The van der Waals surface area contributed by atoms with Crippen LogP contribution in [0.2, 0.25) is 0 Å².